The highest BCUT2D eigenvalue weighted by Gasteiger charge is 2.17. The van der Waals surface area contributed by atoms with Crippen LogP contribution in [0.5, 0.6) is 11.5 Å². The van der Waals surface area contributed by atoms with Crippen LogP contribution in [0.1, 0.15) is 5.56 Å². The number of aromatic amines is 1. The smallest absolute Gasteiger partial charge is 0.331 e. The molecule has 0 fully saturated rings. The molecule has 0 bridgehead atoms. The Kier molecular flexibility index (Phi) is 5.44. The van der Waals surface area contributed by atoms with Gasteiger partial charge in [-0.1, -0.05) is 29.3 Å². The van der Waals surface area contributed by atoms with Gasteiger partial charge in [0.15, 0.2) is 0 Å². The molecule has 1 heterocycles. The first-order valence-electron chi connectivity index (χ1n) is 8.86. The molecule has 160 valence electrons. The number of halogens is 2. The van der Waals surface area contributed by atoms with E-state index in [1.54, 1.807) is 18.2 Å². The summed E-state index contributed by atoms with van der Waals surface area (Å²) in [4.78, 5) is 15.2. The van der Waals surface area contributed by atoms with E-state index in [4.69, 9.17) is 23.2 Å². The molecule has 8 nitrogen and oxygen atoms in total. The van der Waals surface area contributed by atoms with Gasteiger partial charge in [0.2, 0.25) is 10.0 Å². The van der Waals surface area contributed by atoms with Crippen molar-refractivity contribution in [2.45, 2.75) is 11.4 Å². The SMILES string of the molecule is O=c1[nH]c2cc(CNS(=O)(=O)c3ccc(Cl)cc3)ccc2n1-c1cc(Cl)c(O)cc1O. The van der Waals surface area contributed by atoms with Gasteiger partial charge in [0, 0.05) is 17.6 Å². The summed E-state index contributed by atoms with van der Waals surface area (Å²) in [7, 11) is -3.75. The zero-order valence-electron chi connectivity index (χ0n) is 15.6. The Hall–Kier alpha value is -2.98. The summed E-state index contributed by atoms with van der Waals surface area (Å²) in [6.07, 6.45) is 0. The molecule has 0 aliphatic carbocycles. The van der Waals surface area contributed by atoms with Crippen molar-refractivity contribution in [1.82, 2.24) is 14.3 Å². The van der Waals surface area contributed by atoms with Crippen LogP contribution in [0.4, 0.5) is 0 Å². The summed E-state index contributed by atoms with van der Waals surface area (Å²) in [6.45, 7) is -0.00953. The lowest BCUT2D eigenvalue weighted by Gasteiger charge is -2.09. The minimum atomic E-state index is -3.75. The maximum Gasteiger partial charge on any atom is 0.331 e. The van der Waals surface area contributed by atoms with E-state index in [9.17, 15) is 23.4 Å². The van der Waals surface area contributed by atoms with Crippen LogP contribution in [-0.2, 0) is 16.6 Å². The maximum absolute atomic E-state index is 12.5. The van der Waals surface area contributed by atoms with E-state index < -0.39 is 15.7 Å². The van der Waals surface area contributed by atoms with E-state index >= 15 is 0 Å². The number of aromatic nitrogens is 2. The molecule has 0 spiro atoms. The Bertz CT molecular complexity index is 1460. The molecule has 0 aliphatic heterocycles. The lowest BCUT2D eigenvalue weighted by atomic mass is 10.2. The molecular formula is C20H15Cl2N3O5S. The fourth-order valence-electron chi connectivity index (χ4n) is 3.10. The largest absolute Gasteiger partial charge is 0.506 e. The van der Waals surface area contributed by atoms with Crippen molar-refractivity contribution in [1.29, 1.82) is 0 Å². The van der Waals surface area contributed by atoms with Gasteiger partial charge in [-0.2, -0.15) is 0 Å². The quantitative estimate of drug-likeness (QED) is 0.348. The number of phenolic OH excluding ortho intramolecular Hbond substituents is 2. The number of H-pyrrole nitrogens is 1. The Balaban J connectivity index is 1.65. The molecule has 0 amide bonds. The highest BCUT2D eigenvalue weighted by molar-refractivity contribution is 7.89. The predicted octanol–water partition coefficient (Wildman–Crippen LogP) is 3.52. The molecule has 4 rings (SSSR count). The van der Waals surface area contributed by atoms with E-state index in [1.807, 2.05) is 0 Å². The van der Waals surface area contributed by atoms with Gasteiger partial charge in [-0.05, 0) is 48.0 Å². The number of hydrogen-bond acceptors (Lipinski definition) is 5. The molecule has 0 atom stereocenters. The monoisotopic (exact) mass is 479 g/mol. The van der Waals surface area contributed by atoms with Gasteiger partial charge in [0.1, 0.15) is 11.5 Å². The fourth-order valence-corrected chi connectivity index (χ4v) is 4.40. The molecule has 0 saturated heterocycles. The highest BCUT2D eigenvalue weighted by atomic mass is 35.5. The van der Waals surface area contributed by atoms with Crippen LogP contribution < -0.4 is 10.4 Å². The van der Waals surface area contributed by atoms with E-state index in [0.29, 0.717) is 21.6 Å². The lowest BCUT2D eigenvalue weighted by Crippen LogP contribution is -2.23. The number of rotatable bonds is 5. The first-order valence-corrected chi connectivity index (χ1v) is 11.1. The zero-order chi connectivity index (χ0) is 22.3. The third-order valence-corrected chi connectivity index (χ3v) is 6.59. The molecule has 4 N–H and O–H groups in total. The molecular weight excluding hydrogens is 465 g/mol. The molecule has 3 aromatic carbocycles. The minimum absolute atomic E-state index is 0.00953. The summed E-state index contributed by atoms with van der Waals surface area (Å²) >= 11 is 11.7. The number of benzene rings is 3. The molecule has 0 unspecified atom stereocenters. The second-order valence-corrected chi connectivity index (χ2v) is 9.30. The van der Waals surface area contributed by atoms with Crippen LogP contribution in [0, 0.1) is 0 Å². The molecule has 0 saturated carbocycles. The number of fused-ring (bicyclic) bond motifs is 1. The van der Waals surface area contributed by atoms with Crippen LogP contribution in [0.2, 0.25) is 10.0 Å². The van der Waals surface area contributed by atoms with Crippen LogP contribution >= 0.6 is 23.2 Å². The second kappa shape index (κ2) is 7.93. The third-order valence-electron chi connectivity index (χ3n) is 4.62. The summed E-state index contributed by atoms with van der Waals surface area (Å²) in [6, 6.07) is 13.0. The average molecular weight is 480 g/mol. The number of phenols is 2. The van der Waals surface area contributed by atoms with E-state index in [-0.39, 0.29) is 33.6 Å². The second-order valence-electron chi connectivity index (χ2n) is 6.69. The van der Waals surface area contributed by atoms with Crippen molar-refractivity contribution < 1.29 is 18.6 Å². The molecule has 0 aliphatic rings. The highest BCUT2D eigenvalue weighted by Crippen LogP contribution is 2.34. The van der Waals surface area contributed by atoms with Gasteiger partial charge in [-0.15, -0.1) is 0 Å². The van der Waals surface area contributed by atoms with Gasteiger partial charge < -0.3 is 15.2 Å². The fraction of sp³-hybridized carbons (Fsp3) is 0.0500. The van der Waals surface area contributed by atoms with E-state index in [1.165, 1.54) is 34.9 Å². The molecule has 31 heavy (non-hydrogen) atoms. The summed E-state index contributed by atoms with van der Waals surface area (Å²) in [5, 5.41) is 20.2. The van der Waals surface area contributed by atoms with Crippen molar-refractivity contribution in [3.05, 3.63) is 80.7 Å². The Morgan fingerprint density at radius 3 is 2.39 bits per heavy atom. The summed E-state index contributed by atoms with van der Waals surface area (Å²) in [5.41, 5.74) is 1.02. The minimum Gasteiger partial charge on any atom is -0.506 e. The molecule has 0 radical (unpaired) electrons. The molecule has 1 aromatic heterocycles. The Morgan fingerprint density at radius 2 is 1.68 bits per heavy atom. The van der Waals surface area contributed by atoms with Crippen molar-refractivity contribution in [3.8, 4) is 17.2 Å². The first-order chi connectivity index (χ1) is 14.7. The molecule has 4 aromatic rings. The number of sulfonamides is 1. The predicted molar refractivity (Wildman–Crippen MR) is 118 cm³/mol. The van der Waals surface area contributed by atoms with E-state index in [2.05, 4.69) is 9.71 Å². The first kappa shape index (κ1) is 21.3. The standard InChI is InChI=1S/C20H15Cl2N3O5S/c21-12-2-4-13(5-3-12)31(29,30)23-10-11-1-6-16-15(7-11)24-20(28)25(16)17-8-14(22)18(26)9-19(17)27/h1-9,23,26-27H,10H2,(H,24,28). The summed E-state index contributed by atoms with van der Waals surface area (Å²) < 4.78 is 28.6. The lowest BCUT2D eigenvalue weighted by molar-refractivity contribution is 0.449. The van der Waals surface area contributed by atoms with Gasteiger partial charge in [-0.3, -0.25) is 4.57 Å². The number of nitrogens with zero attached hydrogens (tertiary/aromatic N) is 1. The topological polar surface area (TPSA) is 124 Å². The van der Waals surface area contributed by atoms with Crippen LogP contribution in [0.25, 0.3) is 16.7 Å². The third kappa shape index (κ3) is 4.13. The van der Waals surface area contributed by atoms with Gasteiger partial charge >= 0.3 is 5.69 Å². The summed E-state index contributed by atoms with van der Waals surface area (Å²) in [5.74, 6) is -0.643. The van der Waals surface area contributed by atoms with Crippen LogP contribution in [-0.4, -0.2) is 28.2 Å². The Labute approximate surface area is 186 Å². The van der Waals surface area contributed by atoms with Gasteiger partial charge in [0.25, 0.3) is 0 Å². The van der Waals surface area contributed by atoms with Crippen molar-refractivity contribution in [2.24, 2.45) is 0 Å². The molecule has 11 heteroatoms. The number of aromatic hydroxyl groups is 2. The van der Waals surface area contributed by atoms with E-state index in [0.717, 1.165) is 6.07 Å². The van der Waals surface area contributed by atoms with Crippen LogP contribution in [0.15, 0.2) is 64.3 Å². The van der Waals surface area contributed by atoms with Crippen molar-refractivity contribution >= 4 is 44.3 Å². The number of imidazole rings is 1. The van der Waals surface area contributed by atoms with Crippen LogP contribution in [0.3, 0.4) is 0 Å². The van der Waals surface area contributed by atoms with Gasteiger partial charge in [0.05, 0.1) is 26.6 Å². The normalized spacial score (nSPS) is 11.8. The average Bonchev–Trinajstić information content (AvgIpc) is 3.04. The van der Waals surface area contributed by atoms with Crippen molar-refractivity contribution in [3.63, 3.8) is 0 Å². The number of hydrogen-bond donors (Lipinski definition) is 4. The van der Waals surface area contributed by atoms with Crippen molar-refractivity contribution in [2.75, 3.05) is 0 Å². The maximum atomic E-state index is 12.5. The number of nitrogens with one attached hydrogen (secondary N) is 2. The van der Waals surface area contributed by atoms with Gasteiger partial charge in [-0.25, -0.2) is 17.9 Å². The Morgan fingerprint density at radius 1 is 0.968 bits per heavy atom. The zero-order valence-corrected chi connectivity index (χ0v) is 18.0.